The molecule has 0 atom stereocenters. The molecule has 0 aromatic carbocycles. The van der Waals surface area contributed by atoms with Crippen molar-refractivity contribution < 1.29 is 4.79 Å². The first kappa shape index (κ1) is 18.7. The molecule has 6 rings (SSSR count). The predicted molar refractivity (Wildman–Crippen MR) is 118 cm³/mol. The quantitative estimate of drug-likeness (QED) is 0.495. The van der Waals surface area contributed by atoms with Gasteiger partial charge in [-0.15, -0.1) is 16.4 Å². The minimum absolute atomic E-state index is 0.00334. The van der Waals surface area contributed by atoms with Gasteiger partial charge in [-0.1, -0.05) is 0 Å². The highest BCUT2D eigenvalue weighted by atomic mass is 32.1. The van der Waals surface area contributed by atoms with Crippen molar-refractivity contribution in [1.29, 1.82) is 0 Å². The molecule has 1 aliphatic carbocycles. The molecular formula is C22H22N6O2S. The number of rotatable bonds is 3. The molecule has 0 N–H and O–H groups in total. The van der Waals surface area contributed by atoms with Crippen molar-refractivity contribution in [3.8, 4) is 11.4 Å². The Balaban J connectivity index is 1.55. The number of likely N-dealkylation sites (tertiary alicyclic amines) is 1. The molecule has 5 heterocycles. The Hall–Kier alpha value is -3.07. The van der Waals surface area contributed by atoms with Crippen molar-refractivity contribution in [3.05, 3.63) is 45.5 Å². The van der Waals surface area contributed by atoms with Gasteiger partial charge in [-0.25, -0.2) is 9.78 Å². The zero-order valence-corrected chi connectivity index (χ0v) is 17.9. The van der Waals surface area contributed by atoms with Crippen LogP contribution in [0.25, 0.3) is 27.3 Å². The van der Waals surface area contributed by atoms with Crippen molar-refractivity contribution in [2.75, 3.05) is 13.1 Å². The van der Waals surface area contributed by atoms with Crippen LogP contribution in [0.2, 0.25) is 0 Å². The maximum Gasteiger partial charge on any atom is 0.352 e. The van der Waals surface area contributed by atoms with Gasteiger partial charge < -0.3 is 4.90 Å². The molecule has 158 valence electrons. The first-order chi connectivity index (χ1) is 15.2. The van der Waals surface area contributed by atoms with Crippen LogP contribution in [-0.2, 0) is 24.2 Å². The molecule has 0 bridgehead atoms. The number of nitrogens with zero attached hydrogens (tertiary/aromatic N) is 6. The van der Waals surface area contributed by atoms with Gasteiger partial charge in [-0.05, 0) is 56.2 Å². The fourth-order valence-electron chi connectivity index (χ4n) is 4.75. The zero-order valence-electron chi connectivity index (χ0n) is 17.1. The van der Waals surface area contributed by atoms with Crippen molar-refractivity contribution in [2.45, 2.75) is 45.1 Å². The topological polar surface area (TPSA) is 85.4 Å². The number of carbonyl (C=O) groups excluding carboxylic acids is 1. The Morgan fingerprint density at radius 1 is 1.13 bits per heavy atom. The number of fused-ring (bicyclic) bond motifs is 5. The maximum atomic E-state index is 13.5. The second kappa shape index (κ2) is 7.26. The Morgan fingerprint density at radius 3 is 2.81 bits per heavy atom. The van der Waals surface area contributed by atoms with E-state index in [0.29, 0.717) is 11.5 Å². The highest BCUT2D eigenvalue weighted by Gasteiger charge is 2.27. The molecule has 1 amide bonds. The highest BCUT2D eigenvalue weighted by molar-refractivity contribution is 7.19. The van der Waals surface area contributed by atoms with Crippen LogP contribution in [-0.4, -0.2) is 48.0 Å². The van der Waals surface area contributed by atoms with Crippen molar-refractivity contribution >= 4 is 33.1 Å². The number of pyridine rings is 1. The lowest BCUT2D eigenvalue weighted by atomic mass is 10.1. The number of piperidine rings is 1. The summed E-state index contributed by atoms with van der Waals surface area (Å²) in [5.41, 5.74) is 2.30. The van der Waals surface area contributed by atoms with Gasteiger partial charge in [0.25, 0.3) is 0 Å². The van der Waals surface area contributed by atoms with Crippen LogP contribution in [0.1, 0.15) is 36.1 Å². The standard InChI is InChI=1S/C22H22N6O2S/c29-17(26-10-2-1-3-11-26)13-27-21-18(15-7-4-8-16(15)31-21)20-24-19(25-28(20)22(27)30)14-6-5-9-23-12-14/h5-6,9,12H,1-4,7-8,10-11,13H2. The summed E-state index contributed by atoms with van der Waals surface area (Å²) in [6.45, 7) is 1.59. The van der Waals surface area contributed by atoms with Crippen LogP contribution >= 0.6 is 11.3 Å². The predicted octanol–water partition coefficient (Wildman–Crippen LogP) is 2.67. The fourth-order valence-corrected chi connectivity index (χ4v) is 6.13. The second-order valence-electron chi connectivity index (χ2n) is 8.26. The van der Waals surface area contributed by atoms with Crippen LogP contribution in [0.15, 0.2) is 29.3 Å². The summed E-state index contributed by atoms with van der Waals surface area (Å²) in [6.07, 6.45) is 9.70. The van der Waals surface area contributed by atoms with E-state index in [2.05, 4.69) is 10.1 Å². The van der Waals surface area contributed by atoms with Gasteiger partial charge >= 0.3 is 5.69 Å². The van der Waals surface area contributed by atoms with Gasteiger partial charge in [-0.2, -0.15) is 4.52 Å². The molecule has 1 fully saturated rings. The van der Waals surface area contributed by atoms with Gasteiger partial charge in [0.05, 0.1) is 5.39 Å². The van der Waals surface area contributed by atoms with Crippen molar-refractivity contribution in [1.82, 2.24) is 29.0 Å². The number of amides is 1. The highest BCUT2D eigenvalue weighted by Crippen LogP contribution is 2.38. The Morgan fingerprint density at radius 2 is 2.00 bits per heavy atom. The number of aromatic nitrogens is 5. The molecule has 0 radical (unpaired) electrons. The normalized spacial score (nSPS) is 16.3. The summed E-state index contributed by atoms with van der Waals surface area (Å²) >= 11 is 1.63. The summed E-state index contributed by atoms with van der Waals surface area (Å²) in [7, 11) is 0. The molecule has 8 nitrogen and oxygen atoms in total. The molecule has 1 saturated heterocycles. The van der Waals surface area contributed by atoms with Crippen LogP contribution in [0.5, 0.6) is 0 Å². The summed E-state index contributed by atoms with van der Waals surface area (Å²) in [4.78, 5) is 39.4. The zero-order chi connectivity index (χ0) is 20.9. The summed E-state index contributed by atoms with van der Waals surface area (Å²) < 4.78 is 2.99. The van der Waals surface area contributed by atoms with E-state index in [-0.39, 0.29) is 18.1 Å². The first-order valence-corrected chi connectivity index (χ1v) is 11.6. The monoisotopic (exact) mass is 434 g/mol. The SMILES string of the molecule is O=C(Cn1c(=O)n2nc(-c3cccnc3)nc2c2c3c(sc21)CCC3)N1CCCCC1. The molecule has 1 aliphatic heterocycles. The molecule has 0 saturated carbocycles. The Bertz CT molecular complexity index is 1360. The maximum absolute atomic E-state index is 13.5. The average molecular weight is 435 g/mol. The first-order valence-electron chi connectivity index (χ1n) is 10.8. The third-order valence-electron chi connectivity index (χ3n) is 6.31. The van der Waals surface area contributed by atoms with Gasteiger partial charge in [-0.3, -0.25) is 14.3 Å². The number of aryl methyl sites for hydroxylation is 2. The van der Waals surface area contributed by atoms with E-state index in [0.717, 1.165) is 67.4 Å². The van der Waals surface area contributed by atoms with Crippen LogP contribution in [0, 0.1) is 0 Å². The summed E-state index contributed by atoms with van der Waals surface area (Å²) in [5, 5.41) is 5.51. The second-order valence-corrected chi connectivity index (χ2v) is 9.34. The lowest BCUT2D eigenvalue weighted by Crippen LogP contribution is -2.40. The minimum atomic E-state index is -0.310. The van der Waals surface area contributed by atoms with Gasteiger partial charge in [0, 0.05) is 35.9 Å². The van der Waals surface area contributed by atoms with Gasteiger partial charge in [0.15, 0.2) is 11.5 Å². The molecule has 2 aliphatic rings. The lowest BCUT2D eigenvalue weighted by Gasteiger charge is -2.27. The van der Waals surface area contributed by atoms with Gasteiger partial charge in [0.2, 0.25) is 5.91 Å². The van der Waals surface area contributed by atoms with E-state index in [4.69, 9.17) is 4.98 Å². The third kappa shape index (κ3) is 2.98. The number of thiophene rings is 1. The van der Waals surface area contributed by atoms with Crippen molar-refractivity contribution in [2.24, 2.45) is 0 Å². The van der Waals surface area contributed by atoms with E-state index in [1.54, 1.807) is 28.3 Å². The molecular weight excluding hydrogens is 412 g/mol. The van der Waals surface area contributed by atoms with E-state index in [1.807, 2.05) is 17.0 Å². The van der Waals surface area contributed by atoms with E-state index < -0.39 is 0 Å². The van der Waals surface area contributed by atoms with E-state index in [9.17, 15) is 9.59 Å². The minimum Gasteiger partial charge on any atom is -0.341 e. The summed E-state index contributed by atoms with van der Waals surface area (Å²) in [6, 6.07) is 3.71. The number of hydrogen-bond donors (Lipinski definition) is 0. The van der Waals surface area contributed by atoms with E-state index >= 15 is 0 Å². The van der Waals surface area contributed by atoms with Gasteiger partial charge in [0.1, 0.15) is 11.4 Å². The van der Waals surface area contributed by atoms with Crippen LogP contribution in [0.4, 0.5) is 0 Å². The average Bonchev–Trinajstić information content (AvgIpc) is 3.52. The molecule has 0 unspecified atom stereocenters. The van der Waals surface area contributed by atoms with Crippen LogP contribution < -0.4 is 5.69 Å². The third-order valence-corrected chi connectivity index (χ3v) is 7.63. The largest absolute Gasteiger partial charge is 0.352 e. The fraction of sp³-hybridized carbons (Fsp3) is 0.409. The Kier molecular flexibility index (Phi) is 4.38. The molecule has 4 aromatic rings. The smallest absolute Gasteiger partial charge is 0.341 e. The number of carbonyl (C=O) groups is 1. The molecule has 31 heavy (non-hydrogen) atoms. The molecule has 0 spiro atoms. The van der Waals surface area contributed by atoms with Crippen molar-refractivity contribution in [3.63, 3.8) is 0 Å². The molecule has 9 heteroatoms. The number of hydrogen-bond acceptors (Lipinski definition) is 6. The lowest BCUT2D eigenvalue weighted by molar-refractivity contribution is -0.132. The van der Waals surface area contributed by atoms with Crippen LogP contribution in [0.3, 0.4) is 0 Å². The van der Waals surface area contributed by atoms with E-state index in [1.165, 1.54) is 15.0 Å². The Labute approximate surface area is 182 Å². The summed E-state index contributed by atoms with van der Waals surface area (Å²) in [5.74, 6) is 0.480. The molecule has 4 aromatic heterocycles.